The number of amides is 2. The molecule has 0 spiro atoms. The van der Waals surface area contributed by atoms with Crippen molar-refractivity contribution in [1.29, 1.82) is 0 Å². The van der Waals surface area contributed by atoms with Crippen LogP contribution in [-0.2, 0) is 9.53 Å². The summed E-state index contributed by atoms with van der Waals surface area (Å²) >= 11 is 0. The standard InChI is InChI=1S/C17H22N2O5/c1-3-6-15(20)18-11-5-12-19-16(21)13-7-9-14(10-8-13)24-17(22)23-4-2/h3,6-10H,4-5,11-12H2,1-2H3,(H,18,20)(H,19,21)/b6-3+. The highest BCUT2D eigenvalue weighted by Gasteiger charge is 2.08. The number of carbonyl (C=O) groups excluding carboxylic acids is 3. The number of allylic oxidation sites excluding steroid dienone is 1. The van der Waals surface area contributed by atoms with Crippen molar-refractivity contribution in [2.75, 3.05) is 19.7 Å². The zero-order valence-electron chi connectivity index (χ0n) is 13.8. The van der Waals surface area contributed by atoms with Gasteiger partial charge in [-0.3, -0.25) is 9.59 Å². The van der Waals surface area contributed by atoms with E-state index in [9.17, 15) is 14.4 Å². The Kier molecular flexibility index (Phi) is 8.67. The fourth-order valence-electron chi connectivity index (χ4n) is 1.73. The van der Waals surface area contributed by atoms with E-state index in [4.69, 9.17) is 4.74 Å². The smallest absolute Gasteiger partial charge is 0.434 e. The number of nitrogens with one attached hydrogen (secondary N) is 2. The normalized spacial score (nSPS) is 10.2. The maximum atomic E-state index is 11.9. The Morgan fingerprint density at radius 3 is 2.38 bits per heavy atom. The van der Waals surface area contributed by atoms with Crippen LogP contribution in [0.5, 0.6) is 5.75 Å². The van der Waals surface area contributed by atoms with Crippen molar-refractivity contribution in [3.05, 3.63) is 42.0 Å². The largest absolute Gasteiger partial charge is 0.513 e. The molecule has 0 heterocycles. The van der Waals surface area contributed by atoms with Gasteiger partial charge in [-0.2, -0.15) is 0 Å². The molecule has 1 aromatic rings. The number of ether oxygens (including phenoxy) is 2. The van der Waals surface area contributed by atoms with Crippen molar-refractivity contribution in [2.24, 2.45) is 0 Å². The fourth-order valence-corrected chi connectivity index (χ4v) is 1.73. The lowest BCUT2D eigenvalue weighted by molar-refractivity contribution is -0.116. The summed E-state index contributed by atoms with van der Waals surface area (Å²) in [5.41, 5.74) is 0.448. The van der Waals surface area contributed by atoms with Crippen molar-refractivity contribution in [1.82, 2.24) is 10.6 Å². The van der Waals surface area contributed by atoms with Gasteiger partial charge >= 0.3 is 6.16 Å². The van der Waals surface area contributed by atoms with Crippen LogP contribution < -0.4 is 15.4 Å². The van der Waals surface area contributed by atoms with Gasteiger partial charge in [0.25, 0.3) is 5.91 Å². The van der Waals surface area contributed by atoms with E-state index in [0.717, 1.165) is 0 Å². The first-order valence-corrected chi connectivity index (χ1v) is 7.70. The van der Waals surface area contributed by atoms with E-state index in [1.165, 1.54) is 18.2 Å². The highest BCUT2D eigenvalue weighted by atomic mass is 16.7. The van der Waals surface area contributed by atoms with Gasteiger partial charge in [-0.25, -0.2) is 4.79 Å². The zero-order valence-corrected chi connectivity index (χ0v) is 13.8. The number of rotatable bonds is 8. The summed E-state index contributed by atoms with van der Waals surface area (Å²) in [5.74, 6) is -0.0878. The Morgan fingerprint density at radius 2 is 1.75 bits per heavy atom. The van der Waals surface area contributed by atoms with E-state index in [1.807, 2.05) is 0 Å². The van der Waals surface area contributed by atoms with Gasteiger partial charge in [0.15, 0.2) is 0 Å². The average molecular weight is 334 g/mol. The summed E-state index contributed by atoms with van der Waals surface area (Å²) in [6, 6.07) is 6.14. The molecular formula is C17H22N2O5. The second kappa shape index (κ2) is 10.8. The lowest BCUT2D eigenvalue weighted by atomic mass is 10.2. The SMILES string of the molecule is C/C=C/C(=O)NCCCNC(=O)c1ccc(OC(=O)OCC)cc1. The van der Waals surface area contributed by atoms with Crippen molar-refractivity contribution in [3.63, 3.8) is 0 Å². The van der Waals surface area contributed by atoms with E-state index < -0.39 is 6.16 Å². The van der Waals surface area contributed by atoms with Crippen molar-refractivity contribution in [2.45, 2.75) is 20.3 Å². The molecule has 0 aliphatic rings. The second-order valence-corrected chi connectivity index (χ2v) is 4.71. The van der Waals surface area contributed by atoms with Crippen molar-refractivity contribution >= 4 is 18.0 Å². The van der Waals surface area contributed by atoms with E-state index in [2.05, 4.69) is 15.4 Å². The van der Waals surface area contributed by atoms with Gasteiger partial charge in [-0.05, 0) is 50.6 Å². The van der Waals surface area contributed by atoms with Crippen molar-refractivity contribution < 1.29 is 23.9 Å². The minimum Gasteiger partial charge on any atom is -0.434 e. The molecule has 0 aliphatic carbocycles. The van der Waals surface area contributed by atoms with Gasteiger partial charge in [-0.1, -0.05) is 6.08 Å². The first-order valence-electron chi connectivity index (χ1n) is 7.70. The molecule has 0 atom stereocenters. The Balaban J connectivity index is 2.32. The van der Waals surface area contributed by atoms with Crippen LogP contribution >= 0.6 is 0 Å². The van der Waals surface area contributed by atoms with Crippen LogP contribution in [0.3, 0.4) is 0 Å². The zero-order chi connectivity index (χ0) is 17.8. The highest BCUT2D eigenvalue weighted by Crippen LogP contribution is 2.12. The topological polar surface area (TPSA) is 93.7 Å². The molecule has 0 unspecified atom stereocenters. The Bertz CT molecular complexity index is 581. The molecule has 2 N–H and O–H groups in total. The monoisotopic (exact) mass is 334 g/mol. The first-order chi connectivity index (χ1) is 11.6. The summed E-state index contributed by atoms with van der Waals surface area (Å²) in [6.45, 7) is 4.60. The van der Waals surface area contributed by atoms with Gasteiger partial charge in [0, 0.05) is 18.7 Å². The summed E-state index contributed by atoms with van der Waals surface area (Å²) < 4.78 is 9.56. The predicted molar refractivity (Wildman–Crippen MR) is 88.9 cm³/mol. The third-order valence-electron chi connectivity index (χ3n) is 2.84. The molecule has 0 aliphatic heterocycles. The molecule has 0 bridgehead atoms. The molecule has 1 aromatic carbocycles. The maximum Gasteiger partial charge on any atom is 0.513 e. The number of hydrogen-bond donors (Lipinski definition) is 2. The quantitative estimate of drug-likeness (QED) is 0.328. The average Bonchev–Trinajstić information content (AvgIpc) is 2.55. The van der Waals surface area contributed by atoms with Crippen LogP contribution in [0.1, 0.15) is 30.6 Å². The van der Waals surface area contributed by atoms with Crippen LogP contribution in [-0.4, -0.2) is 37.7 Å². The van der Waals surface area contributed by atoms with Gasteiger partial charge in [-0.15, -0.1) is 0 Å². The first kappa shape index (κ1) is 19.2. The summed E-state index contributed by atoms with van der Waals surface area (Å²) in [5, 5.41) is 5.44. The molecule has 0 aromatic heterocycles. The Morgan fingerprint density at radius 1 is 1.08 bits per heavy atom. The molecular weight excluding hydrogens is 312 g/mol. The van der Waals surface area contributed by atoms with E-state index >= 15 is 0 Å². The Labute approximate surface area is 141 Å². The van der Waals surface area contributed by atoms with Gasteiger partial charge in [0.1, 0.15) is 5.75 Å². The van der Waals surface area contributed by atoms with Crippen LogP contribution in [0.15, 0.2) is 36.4 Å². The summed E-state index contributed by atoms with van der Waals surface area (Å²) in [7, 11) is 0. The van der Waals surface area contributed by atoms with Crippen LogP contribution in [0.2, 0.25) is 0 Å². The number of carbonyl (C=O) groups is 3. The van der Waals surface area contributed by atoms with Crippen LogP contribution in [0.25, 0.3) is 0 Å². The molecule has 0 saturated carbocycles. The molecule has 0 fully saturated rings. The maximum absolute atomic E-state index is 11.9. The second-order valence-electron chi connectivity index (χ2n) is 4.71. The lowest BCUT2D eigenvalue weighted by Crippen LogP contribution is -2.29. The third-order valence-corrected chi connectivity index (χ3v) is 2.84. The molecule has 7 heteroatoms. The van der Waals surface area contributed by atoms with E-state index in [-0.39, 0.29) is 18.4 Å². The summed E-state index contributed by atoms with van der Waals surface area (Å²) in [6.07, 6.45) is 2.94. The van der Waals surface area contributed by atoms with Gasteiger partial charge in [0.05, 0.1) is 6.61 Å². The van der Waals surface area contributed by atoms with Gasteiger partial charge < -0.3 is 20.1 Å². The predicted octanol–water partition coefficient (Wildman–Crippen LogP) is 2.03. The third kappa shape index (κ3) is 7.44. The van der Waals surface area contributed by atoms with E-state index in [0.29, 0.717) is 30.8 Å². The van der Waals surface area contributed by atoms with Gasteiger partial charge in [0.2, 0.25) is 5.91 Å². The highest BCUT2D eigenvalue weighted by molar-refractivity contribution is 5.94. The molecule has 2 amide bonds. The molecule has 0 radical (unpaired) electrons. The minimum absolute atomic E-state index is 0.152. The van der Waals surface area contributed by atoms with E-state index in [1.54, 1.807) is 32.1 Å². The molecule has 7 nitrogen and oxygen atoms in total. The fraction of sp³-hybridized carbons (Fsp3) is 0.353. The van der Waals surface area contributed by atoms with Crippen molar-refractivity contribution in [3.8, 4) is 5.75 Å². The molecule has 130 valence electrons. The molecule has 0 saturated heterocycles. The number of benzene rings is 1. The minimum atomic E-state index is -0.783. The number of hydrogen-bond acceptors (Lipinski definition) is 5. The lowest BCUT2D eigenvalue weighted by Gasteiger charge is -2.07. The molecule has 24 heavy (non-hydrogen) atoms. The summed E-state index contributed by atoms with van der Waals surface area (Å²) in [4.78, 5) is 34.3. The van der Waals surface area contributed by atoms with Crippen LogP contribution in [0, 0.1) is 0 Å². The molecule has 1 rings (SSSR count). The van der Waals surface area contributed by atoms with Crippen LogP contribution in [0.4, 0.5) is 4.79 Å². The Hall–Kier alpha value is -2.83.